The molecule has 0 aromatic heterocycles. The van der Waals surface area contributed by atoms with Gasteiger partial charge in [-0.05, 0) is 6.92 Å². The van der Waals surface area contributed by atoms with Gasteiger partial charge in [-0.1, -0.05) is 11.6 Å². The molecular formula is C3H6ClNaO4S. The maximum atomic E-state index is 9.97. The molecule has 7 heteroatoms. The third-order valence-corrected chi connectivity index (χ3v) is 2.54. The molecule has 0 radical (unpaired) electrons. The van der Waals surface area contributed by atoms with Crippen molar-refractivity contribution in [3.05, 3.63) is 0 Å². The van der Waals surface area contributed by atoms with E-state index >= 15 is 0 Å². The summed E-state index contributed by atoms with van der Waals surface area (Å²) in [6.45, 7) is 1.04. The van der Waals surface area contributed by atoms with Gasteiger partial charge in [-0.15, -0.1) is 0 Å². The Kier molecular flexibility index (Phi) is 6.76. The van der Waals surface area contributed by atoms with Gasteiger partial charge in [0.15, 0.2) is 0 Å². The number of rotatable bonds is 2. The van der Waals surface area contributed by atoms with Gasteiger partial charge in [0.25, 0.3) is 0 Å². The molecule has 0 bridgehead atoms. The fourth-order valence-electron chi connectivity index (χ4n) is 0.138. The van der Waals surface area contributed by atoms with Crippen molar-refractivity contribution < 1.29 is 47.6 Å². The van der Waals surface area contributed by atoms with Gasteiger partial charge in [0, 0.05) is 0 Å². The van der Waals surface area contributed by atoms with Crippen LogP contribution in [0, 0.1) is 0 Å². The van der Waals surface area contributed by atoms with Crippen LogP contribution in [0.2, 0.25) is 0 Å². The van der Waals surface area contributed by atoms with Crippen LogP contribution < -0.4 is 29.6 Å². The second-order valence-electron chi connectivity index (χ2n) is 1.57. The minimum absolute atomic E-state index is 0. The fourth-order valence-corrected chi connectivity index (χ4v) is 0.791. The van der Waals surface area contributed by atoms with Crippen molar-refractivity contribution in [1.29, 1.82) is 0 Å². The van der Waals surface area contributed by atoms with Crippen LogP contribution in [0.15, 0.2) is 0 Å². The molecule has 0 amide bonds. The maximum absolute atomic E-state index is 9.97. The van der Waals surface area contributed by atoms with Crippen LogP contribution in [0.4, 0.5) is 0 Å². The van der Waals surface area contributed by atoms with Crippen molar-refractivity contribution >= 4 is 21.7 Å². The molecule has 10 heavy (non-hydrogen) atoms. The zero-order valence-corrected chi connectivity index (χ0v) is 9.19. The van der Waals surface area contributed by atoms with E-state index in [2.05, 4.69) is 0 Å². The largest absolute Gasteiger partial charge is 1.00 e. The summed E-state index contributed by atoms with van der Waals surface area (Å²) in [6, 6.07) is 0. The van der Waals surface area contributed by atoms with Crippen LogP contribution in [-0.2, 0) is 10.1 Å². The van der Waals surface area contributed by atoms with Crippen LogP contribution in [0.3, 0.4) is 0 Å². The number of aliphatic hydroxyl groups excluding tert-OH is 1. The minimum Gasteiger partial charge on any atom is -0.748 e. The Balaban J connectivity index is 0. The number of halogens is 1. The van der Waals surface area contributed by atoms with Crippen molar-refractivity contribution in [3.63, 3.8) is 0 Å². The van der Waals surface area contributed by atoms with Crippen LogP contribution in [0.1, 0.15) is 6.92 Å². The van der Waals surface area contributed by atoms with Crippen molar-refractivity contribution in [3.8, 4) is 0 Å². The summed E-state index contributed by atoms with van der Waals surface area (Å²) in [7, 11) is -4.43. The molecule has 0 saturated carbocycles. The quantitative estimate of drug-likeness (QED) is 0.282. The zero-order valence-electron chi connectivity index (χ0n) is 5.61. The molecule has 0 heterocycles. The van der Waals surface area contributed by atoms with Gasteiger partial charge < -0.3 is 9.66 Å². The predicted octanol–water partition coefficient (Wildman–Crippen LogP) is -3.52. The van der Waals surface area contributed by atoms with Gasteiger partial charge in [-0.3, -0.25) is 0 Å². The van der Waals surface area contributed by atoms with Gasteiger partial charge in [0.05, 0.1) is 5.25 Å². The van der Waals surface area contributed by atoms with E-state index in [1.807, 2.05) is 0 Å². The summed E-state index contributed by atoms with van der Waals surface area (Å²) >= 11 is 4.89. The SMILES string of the molecule is CC(C(O)Cl)S(=O)(=O)[O-].[Na+]. The minimum atomic E-state index is -4.43. The van der Waals surface area contributed by atoms with Crippen molar-refractivity contribution in [2.24, 2.45) is 0 Å². The Morgan fingerprint density at radius 3 is 1.90 bits per heavy atom. The molecule has 0 fully saturated rings. The molecule has 0 saturated heterocycles. The van der Waals surface area contributed by atoms with Crippen LogP contribution in [0.5, 0.6) is 0 Å². The van der Waals surface area contributed by atoms with E-state index in [1.165, 1.54) is 0 Å². The second kappa shape index (κ2) is 4.92. The number of aliphatic hydroxyl groups is 1. The maximum Gasteiger partial charge on any atom is 1.00 e. The van der Waals surface area contributed by atoms with E-state index in [4.69, 9.17) is 16.7 Å². The molecule has 0 aromatic carbocycles. The van der Waals surface area contributed by atoms with Gasteiger partial charge in [0.1, 0.15) is 15.7 Å². The summed E-state index contributed by atoms with van der Waals surface area (Å²) < 4.78 is 29.9. The van der Waals surface area contributed by atoms with Gasteiger partial charge in [0.2, 0.25) is 0 Å². The first-order valence-corrected chi connectivity index (χ1v) is 4.03. The van der Waals surface area contributed by atoms with Crippen LogP contribution in [-0.4, -0.2) is 28.9 Å². The molecule has 0 aliphatic carbocycles. The van der Waals surface area contributed by atoms with Crippen molar-refractivity contribution in [1.82, 2.24) is 0 Å². The molecule has 0 spiro atoms. The van der Waals surface area contributed by atoms with E-state index in [1.54, 1.807) is 0 Å². The topological polar surface area (TPSA) is 77.4 Å². The number of hydrogen-bond donors (Lipinski definition) is 1. The van der Waals surface area contributed by atoms with E-state index in [9.17, 15) is 13.0 Å². The molecule has 2 unspecified atom stereocenters. The normalized spacial score (nSPS) is 17.2. The van der Waals surface area contributed by atoms with E-state index < -0.39 is 20.9 Å². The molecule has 0 aliphatic heterocycles. The molecule has 56 valence electrons. The van der Waals surface area contributed by atoms with Crippen molar-refractivity contribution in [2.75, 3.05) is 0 Å². The first-order valence-electron chi connectivity index (χ1n) is 2.12. The first-order chi connectivity index (χ1) is 3.85. The van der Waals surface area contributed by atoms with Crippen LogP contribution >= 0.6 is 11.6 Å². The molecule has 4 nitrogen and oxygen atoms in total. The molecular weight excluding hydrogens is 191 g/mol. The van der Waals surface area contributed by atoms with E-state index in [0.29, 0.717) is 0 Å². The van der Waals surface area contributed by atoms with Gasteiger partial charge in [-0.2, -0.15) is 0 Å². The van der Waals surface area contributed by atoms with E-state index in [-0.39, 0.29) is 29.6 Å². The molecule has 1 N–H and O–H groups in total. The standard InChI is InChI=1S/C3H7ClO4S.Na/c1-2(3(4)5)9(6,7)8;/h2-3,5H,1H3,(H,6,7,8);/q;+1/p-1. The second-order valence-corrected chi connectivity index (χ2v) is 3.75. The predicted molar refractivity (Wildman–Crippen MR) is 31.0 cm³/mol. The Bertz CT molecular complexity index is 177. The fraction of sp³-hybridized carbons (Fsp3) is 1.00. The third kappa shape index (κ3) is 4.90. The number of hydrogen-bond acceptors (Lipinski definition) is 4. The van der Waals surface area contributed by atoms with Crippen LogP contribution in [0.25, 0.3) is 0 Å². The summed E-state index contributed by atoms with van der Waals surface area (Å²) in [5.41, 5.74) is -1.62. The molecule has 2 atom stereocenters. The Morgan fingerprint density at radius 1 is 1.60 bits per heavy atom. The third-order valence-electron chi connectivity index (χ3n) is 0.843. The Hall–Kier alpha value is 1.16. The van der Waals surface area contributed by atoms with E-state index in [0.717, 1.165) is 6.92 Å². The smallest absolute Gasteiger partial charge is 0.748 e. The summed E-state index contributed by atoms with van der Waals surface area (Å²) in [4.78, 5) is 0. The summed E-state index contributed by atoms with van der Waals surface area (Å²) in [5.74, 6) is 0. The average molecular weight is 197 g/mol. The van der Waals surface area contributed by atoms with Gasteiger partial charge >= 0.3 is 29.6 Å². The first kappa shape index (κ1) is 13.7. The molecule has 0 rings (SSSR count). The summed E-state index contributed by atoms with van der Waals surface area (Å²) in [6.07, 6.45) is 0. The Morgan fingerprint density at radius 2 is 1.90 bits per heavy atom. The Labute approximate surface area is 86.6 Å². The monoisotopic (exact) mass is 196 g/mol. The summed E-state index contributed by atoms with van der Waals surface area (Å²) in [5, 5.41) is 6.90. The molecule has 0 aromatic rings. The zero-order chi connectivity index (χ0) is 7.65. The van der Waals surface area contributed by atoms with Crippen molar-refractivity contribution in [2.45, 2.75) is 17.7 Å². The van der Waals surface area contributed by atoms with Gasteiger partial charge in [-0.25, -0.2) is 8.42 Å². The number of alkyl halides is 1. The molecule has 0 aliphatic rings. The average Bonchev–Trinajstić information content (AvgIpc) is 1.62.